The van der Waals surface area contributed by atoms with Gasteiger partial charge in [-0.1, -0.05) is 0 Å². The Morgan fingerprint density at radius 2 is 2.27 bits per heavy atom. The van der Waals surface area contributed by atoms with E-state index in [4.69, 9.17) is 4.74 Å². The summed E-state index contributed by atoms with van der Waals surface area (Å²) in [5.41, 5.74) is 0. The monoisotopic (exact) mass is 159 g/mol. The van der Waals surface area contributed by atoms with Crippen molar-refractivity contribution in [2.45, 2.75) is 19.1 Å². The zero-order chi connectivity index (χ0) is 8.27. The quantitative estimate of drug-likeness (QED) is 0.568. The number of hydrogen-bond acceptors (Lipinski definition) is 3. The molecule has 1 amide bonds. The molecular weight excluding hydrogens is 146 g/mol. The molecule has 1 heterocycles. The first-order valence-corrected chi connectivity index (χ1v) is 3.67. The molecule has 4 nitrogen and oxygen atoms in total. The number of methoxy groups -OCH3 is 2. The molecule has 0 saturated carbocycles. The van der Waals surface area contributed by atoms with Crippen molar-refractivity contribution in [2.24, 2.45) is 0 Å². The van der Waals surface area contributed by atoms with E-state index in [0.717, 1.165) is 19.4 Å². The van der Waals surface area contributed by atoms with E-state index >= 15 is 0 Å². The van der Waals surface area contributed by atoms with Gasteiger partial charge >= 0.3 is 6.09 Å². The number of carbonyl (C=O) groups is 1. The fraction of sp³-hybridized carbons (Fsp3) is 0.857. The van der Waals surface area contributed by atoms with Crippen molar-refractivity contribution in [3.63, 3.8) is 0 Å². The lowest BCUT2D eigenvalue weighted by Gasteiger charge is -2.21. The number of hydrogen-bond donors (Lipinski definition) is 0. The van der Waals surface area contributed by atoms with Crippen LogP contribution in [-0.2, 0) is 9.47 Å². The van der Waals surface area contributed by atoms with E-state index in [-0.39, 0.29) is 12.3 Å². The van der Waals surface area contributed by atoms with Gasteiger partial charge in [-0.2, -0.15) is 0 Å². The van der Waals surface area contributed by atoms with Gasteiger partial charge in [-0.3, -0.25) is 4.90 Å². The summed E-state index contributed by atoms with van der Waals surface area (Å²) in [5, 5.41) is 0. The molecule has 0 radical (unpaired) electrons. The minimum Gasteiger partial charge on any atom is -0.453 e. The normalized spacial score (nSPS) is 23.8. The molecule has 64 valence electrons. The summed E-state index contributed by atoms with van der Waals surface area (Å²) in [7, 11) is 2.99. The molecule has 1 fully saturated rings. The summed E-state index contributed by atoms with van der Waals surface area (Å²) in [5.74, 6) is 0. The largest absolute Gasteiger partial charge is 0.453 e. The second-order valence-electron chi connectivity index (χ2n) is 2.50. The van der Waals surface area contributed by atoms with Gasteiger partial charge in [-0.15, -0.1) is 0 Å². The van der Waals surface area contributed by atoms with Gasteiger partial charge in [0.25, 0.3) is 0 Å². The SMILES string of the molecule is COC(=O)N1CCCC1OC. The Balaban J connectivity index is 2.49. The standard InChI is InChI=1S/C7H13NO3/c1-10-6-4-3-5-8(6)7(9)11-2/h6H,3-5H2,1-2H3. The molecule has 11 heavy (non-hydrogen) atoms. The predicted molar refractivity (Wildman–Crippen MR) is 39.1 cm³/mol. The van der Waals surface area contributed by atoms with Crippen LogP contribution in [0.1, 0.15) is 12.8 Å². The van der Waals surface area contributed by atoms with Crippen LogP contribution in [0.4, 0.5) is 4.79 Å². The highest BCUT2D eigenvalue weighted by Gasteiger charge is 2.28. The third-order valence-corrected chi connectivity index (χ3v) is 1.88. The maximum absolute atomic E-state index is 11.0. The van der Waals surface area contributed by atoms with Gasteiger partial charge in [0.15, 0.2) is 0 Å². The van der Waals surface area contributed by atoms with Crippen LogP contribution in [0.15, 0.2) is 0 Å². The highest BCUT2D eigenvalue weighted by Crippen LogP contribution is 2.17. The lowest BCUT2D eigenvalue weighted by Crippen LogP contribution is -2.36. The van der Waals surface area contributed by atoms with Crippen LogP contribution < -0.4 is 0 Å². The zero-order valence-electron chi connectivity index (χ0n) is 6.87. The molecule has 0 N–H and O–H groups in total. The molecule has 0 aliphatic carbocycles. The van der Waals surface area contributed by atoms with E-state index in [1.807, 2.05) is 0 Å². The molecule has 1 atom stereocenters. The molecule has 1 rings (SSSR count). The molecular formula is C7H13NO3. The highest BCUT2D eigenvalue weighted by atomic mass is 16.6. The summed E-state index contributed by atoms with van der Waals surface area (Å²) in [6, 6.07) is 0. The molecule has 1 saturated heterocycles. The first-order valence-electron chi connectivity index (χ1n) is 3.67. The topological polar surface area (TPSA) is 38.8 Å². The average Bonchev–Trinajstić information content (AvgIpc) is 2.50. The van der Waals surface area contributed by atoms with E-state index in [2.05, 4.69) is 4.74 Å². The first-order chi connectivity index (χ1) is 5.29. The van der Waals surface area contributed by atoms with Gasteiger partial charge in [-0.05, 0) is 12.8 Å². The number of nitrogens with zero attached hydrogens (tertiary/aromatic N) is 1. The van der Waals surface area contributed by atoms with Crippen LogP contribution >= 0.6 is 0 Å². The number of ether oxygens (including phenoxy) is 2. The summed E-state index contributed by atoms with van der Waals surface area (Å²) in [6.07, 6.45) is 1.52. The maximum atomic E-state index is 11.0. The van der Waals surface area contributed by atoms with Crippen LogP contribution in [0.3, 0.4) is 0 Å². The van der Waals surface area contributed by atoms with Gasteiger partial charge in [0, 0.05) is 13.7 Å². The lowest BCUT2D eigenvalue weighted by molar-refractivity contribution is -0.000687. The minimum absolute atomic E-state index is 0.0811. The number of likely N-dealkylation sites (tertiary alicyclic amines) is 1. The third-order valence-electron chi connectivity index (χ3n) is 1.88. The van der Waals surface area contributed by atoms with Crippen molar-refractivity contribution < 1.29 is 14.3 Å². The second kappa shape index (κ2) is 3.57. The Labute approximate surface area is 66.1 Å². The van der Waals surface area contributed by atoms with Crippen LogP contribution in [0, 0.1) is 0 Å². The van der Waals surface area contributed by atoms with Crippen molar-refractivity contribution in [1.29, 1.82) is 0 Å². The third kappa shape index (κ3) is 1.63. The highest BCUT2D eigenvalue weighted by molar-refractivity contribution is 5.67. The van der Waals surface area contributed by atoms with Gasteiger partial charge < -0.3 is 9.47 Å². The smallest absolute Gasteiger partial charge is 0.411 e. The second-order valence-corrected chi connectivity index (χ2v) is 2.50. The van der Waals surface area contributed by atoms with Crippen molar-refractivity contribution in [1.82, 2.24) is 4.90 Å². The van der Waals surface area contributed by atoms with Gasteiger partial charge in [0.05, 0.1) is 7.11 Å². The Hall–Kier alpha value is -0.770. The number of carbonyl (C=O) groups excluding carboxylic acids is 1. The van der Waals surface area contributed by atoms with E-state index < -0.39 is 0 Å². The Morgan fingerprint density at radius 3 is 2.82 bits per heavy atom. The van der Waals surface area contributed by atoms with Crippen molar-refractivity contribution in [3.8, 4) is 0 Å². The Kier molecular flexibility index (Phi) is 2.70. The van der Waals surface area contributed by atoms with Crippen LogP contribution in [0.2, 0.25) is 0 Å². The molecule has 0 spiro atoms. The van der Waals surface area contributed by atoms with E-state index in [0.29, 0.717) is 0 Å². The van der Waals surface area contributed by atoms with Crippen molar-refractivity contribution >= 4 is 6.09 Å². The molecule has 0 aromatic rings. The summed E-state index contributed by atoms with van der Waals surface area (Å²) in [4.78, 5) is 12.6. The fourth-order valence-electron chi connectivity index (χ4n) is 1.31. The lowest BCUT2D eigenvalue weighted by atomic mass is 10.4. The van der Waals surface area contributed by atoms with Crippen molar-refractivity contribution in [2.75, 3.05) is 20.8 Å². The summed E-state index contributed by atoms with van der Waals surface area (Å²) in [6.45, 7) is 0.741. The molecule has 1 aliphatic rings. The predicted octanol–water partition coefficient (Wildman–Crippen LogP) is 0.821. The van der Waals surface area contributed by atoms with Crippen molar-refractivity contribution in [3.05, 3.63) is 0 Å². The molecule has 0 bridgehead atoms. The Morgan fingerprint density at radius 1 is 1.55 bits per heavy atom. The van der Waals surface area contributed by atoms with Gasteiger partial charge in [0.1, 0.15) is 6.23 Å². The fourth-order valence-corrected chi connectivity index (χ4v) is 1.31. The molecule has 4 heteroatoms. The average molecular weight is 159 g/mol. The summed E-state index contributed by atoms with van der Waals surface area (Å²) < 4.78 is 9.64. The van der Waals surface area contributed by atoms with E-state index in [1.54, 1.807) is 12.0 Å². The first kappa shape index (κ1) is 8.33. The van der Waals surface area contributed by atoms with Crippen LogP contribution in [-0.4, -0.2) is 38.0 Å². The molecule has 1 aliphatic heterocycles. The number of amides is 1. The zero-order valence-corrected chi connectivity index (χ0v) is 6.87. The molecule has 0 aromatic heterocycles. The van der Waals surface area contributed by atoms with E-state index in [9.17, 15) is 4.79 Å². The van der Waals surface area contributed by atoms with Crippen LogP contribution in [0.5, 0.6) is 0 Å². The summed E-state index contributed by atoms with van der Waals surface area (Å²) >= 11 is 0. The minimum atomic E-state index is -0.297. The van der Waals surface area contributed by atoms with Crippen LogP contribution in [0.25, 0.3) is 0 Å². The van der Waals surface area contributed by atoms with Gasteiger partial charge in [-0.25, -0.2) is 4.79 Å². The number of rotatable bonds is 1. The molecule has 0 aromatic carbocycles. The van der Waals surface area contributed by atoms with E-state index in [1.165, 1.54) is 7.11 Å². The molecule has 1 unspecified atom stereocenters. The Bertz CT molecular complexity index is 149. The maximum Gasteiger partial charge on any atom is 0.411 e. The van der Waals surface area contributed by atoms with Gasteiger partial charge in [0.2, 0.25) is 0 Å².